The first-order chi connectivity index (χ1) is 9.37. The van der Waals surface area contributed by atoms with Crippen molar-refractivity contribution in [3.63, 3.8) is 0 Å². The van der Waals surface area contributed by atoms with E-state index in [-0.39, 0.29) is 5.54 Å². The van der Waals surface area contributed by atoms with Crippen LogP contribution in [0.1, 0.15) is 38.3 Å². The minimum atomic E-state index is 0.170. The molecule has 1 saturated heterocycles. The molecule has 2 nitrogen and oxygen atoms in total. The fourth-order valence-corrected chi connectivity index (χ4v) is 3.76. The smallest absolute Gasteiger partial charge is 0.0385 e. The van der Waals surface area contributed by atoms with Crippen molar-refractivity contribution >= 4 is 17.4 Å². The van der Waals surface area contributed by atoms with Crippen molar-refractivity contribution in [2.45, 2.75) is 52.2 Å². The topological polar surface area (TPSA) is 15.3 Å². The zero-order chi connectivity index (χ0) is 14.8. The highest BCUT2D eigenvalue weighted by Crippen LogP contribution is 2.27. The molecule has 1 heterocycles. The summed E-state index contributed by atoms with van der Waals surface area (Å²) in [7, 11) is 2.23. The lowest BCUT2D eigenvalue weighted by Crippen LogP contribution is -2.35. The second-order valence-corrected chi connectivity index (χ2v) is 7.99. The lowest BCUT2D eigenvalue weighted by molar-refractivity contribution is 0.424. The first-order valence-electron chi connectivity index (χ1n) is 7.52. The van der Waals surface area contributed by atoms with E-state index in [2.05, 4.69) is 74.9 Å². The van der Waals surface area contributed by atoms with Gasteiger partial charge in [-0.05, 0) is 63.1 Å². The van der Waals surface area contributed by atoms with Gasteiger partial charge in [-0.2, -0.15) is 11.8 Å². The van der Waals surface area contributed by atoms with E-state index in [1.807, 2.05) is 0 Å². The molecular formula is C17H28N2S. The molecular weight excluding hydrogens is 264 g/mol. The fraction of sp³-hybridized carbons (Fsp3) is 0.647. The summed E-state index contributed by atoms with van der Waals surface area (Å²) >= 11 is 2.07. The number of hydrogen-bond donors (Lipinski definition) is 1. The normalized spacial score (nSPS) is 19.4. The molecule has 1 unspecified atom stereocenters. The van der Waals surface area contributed by atoms with Gasteiger partial charge in [0.05, 0.1) is 0 Å². The van der Waals surface area contributed by atoms with Crippen molar-refractivity contribution < 1.29 is 0 Å². The van der Waals surface area contributed by atoms with Crippen LogP contribution in [0.15, 0.2) is 18.2 Å². The maximum Gasteiger partial charge on any atom is 0.0385 e. The van der Waals surface area contributed by atoms with Crippen LogP contribution in [-0.4, -0.2) is 30.1 Å². The van der Waals surface area contributed by atoms with E-state index < -0.39 is 0 Å². The summed E-state index contributed by atoms with van der Waals surface area (Å²) in [4.78, 5) is 2.45. The summed E-state index contributed by atoms with van der Waals surface area (Å²) < 4.78 is 0. The average molecular weight is 292 g/mol. The summed E-state index contributed by atoms with van der Waals surface area (Å²) in [6.07, 6.45) is 1.31. The SMILES string of the molecule is Cc1cc(N(C)C2CCSC2)ccc1CNC(C)(C)C. The molecule has 3 heteroatoms. The van der Waals surface area contributed by atoms with Crippen molar-refractivity contribution in [2.75, 3.05) is 23.5 Å². The van der Waals surface area contributed by atoms with Crippen molar-refractivity contribution in [1.82, 2.24) is 5.32 Å². The lowest BCUT2D eigenvalue weighted by Gasteiger charge is -2.27. The Labute approximate surface area is 128 Å². The molecule has 1 N–H and O–H groups in total. The summed E-state index contributed by atoms with van der Waals surface area (Å²) in [5, 5.41) is 3.57. The van der Waals surface area contributed by atoms with Gasteiger partial charge < -0.3 is 10.2 Å². The Hall–Kier alpha value is -0.670. The number of benzene rings is 1. The highest BCUT2D eigenvalue weighted by atomic mass is 32.2. The van der Waals surface area contributed by atoms with Crippen LogP contribution in [0.25, 0.3) is 0 Å². The molecule has 2 rings (SSSR count). The van der Waals surface area contributed by atoms with Gasteiger partial charge in [0.25, 0.3) is 0 Å². The van der Waals surface area contributed by atoms with Gasteiger partial charge in [0.15, 0.2) is 0 Å². The summed E-state index contributed by atoms with van der Waals surface area (Å²) in [5.41, 5.74) is 4.31. The maximum atomic E-state index is 3.57. The Bertz CT molecular complexity index is 445. The van der Waals surface area contributed by atoms with Crippen molar-refractivity contribution in [2.24, 2.45) is 0 Å². The van der Waals surface area contributed by atoms with Crippen LogP contribution in [-0.2, 0) is 6.54 Å². The second-order valence-electron chi connectivity index (χ2n) is 6.84. The number of nitrogens with zero attached hydrogens (tertiary/aromatic N) is 1. The van der Waals surface area contributed by atoms with E-state index in [0.717, 1.165) is 6.54 Å². The van der Waals surface area contributed by atoms with Gasteiger partial charge in [-0.15, -0.1) is 0 Å². The molecule has 0 aliphatic carbocycles. The van der Waals surface area contributed by atoms with Gasteiger partial charge in [0.1, 0.15) is 0 Å². The Balaban J connectivity index is 2.05. The van der Waals surface area contributed by atoms with Crippen LogP contribution in [0.3, 0.4) is 0 Å². The van der Waals surface area contributed by atoms with Crippen LogP contribution >= 0.6 is 11.8 Å². The Morgan fingerprint density at radius 2 is 2.10 bits per heavy atom. The summed E-state index contributed by atoms with van der Waals surface area (Å²) in [6.45, 7) is 9.80. The van der Waals surface area contributed by atoms with Crippen LogP contribution in [0.5, 0.6) is 0 Å². The van der Waals surface area contributed by atoms with Gasteiger partial charge in [-0.3, -0.25) is 0 Å². The molecule has 0 spiro atoms. The average Bonchev–Trinajstić information content (AvgIpc) is 2.89. The van der Waals surface area contributed by atoms with E-state index in [1.54, 1.807) is 0 Å². The molecule has 0 aromatic heterocycles. The monoisotopic (exact) mass is 292 g/mol. The number of nitrogens with one attached hydrogen (secondary N) is 1. The first-order valence-corrected chi connectivity index (χ1v) is 8.67. The van der Waals surface area contributed by atoms with Crippen LogP contribution < -0.4 is 10.2 Å². The second kappa shape index (κ2) is 6.40. The van der Waals surface area contributed by atoms with E-state index in [1.165, 1.54) is 34.7 Å². The molecule has 1 aliphatic rings. The Morgan fingerprint density at radius 1 is 1.35 bits per heavy atom. The van der Waals surface area contributed by atoms with Gasteiger partial charge >= 0.3 is 0 Å². The number of hydrogen-bond acceptors (Lipinski definition) is 3. The predicted octanol–water partition coefficient (Wildman–Crippen LogP) is 3.82. The molecule has 0 radical (unpaired) electrons. The van der Waals surface area contributed by atoms with Crippen molar-refractivity contribution in [3.05, 3.63) is 29.3 Å². The lowest BCUT2D eigenvalue weighted by atomic mass is 10.0. The van der Waals surface area contributed by atoms with Gasteiger partial charge in [0, 0.05) is 36.6 Å². The molecule has 1 aromatic rings. The quantitative estimate of drug-likeness (QED) is 0.908. The molecule has 20 heavy (non-hydrogen) atoms. The third kappa shape index (κ3) is 4.16. The Kier molecular flexibility index (Phi) is 5.03. The van der Waals surface area contributed by atoms with Crippen molar-refractivity contribution in [3.8, 4) is 0 Å². The van der Waals surface area contributed by atoms with Gasteiger partial charge in [0.2, 0.25) is 0 Å². The molecule has 1 atom stereocenters. The molecule has 0 amide bonds. The van der Waals surface area contributed by atoms with Gasteiger partial charge in [-0.25, -0.2) is 0 Å². The number of thioether (sulfide) groups is 1. The number of aryl methyl sites for hydroxylation is 1. The minimum absolute atomic E-state index is 0.170. The van der Waals surface area contributed by atoms with E-state index in [4.69, 9.17) is 0 Å². The minimum Gasteiger partial charge on any atom is -0.371 e. The fourth-order valence-electron chi connectivity index (χ4n) is 2.50. The Morgan fingerprint density at radius 3 is 2.65 bits per heavy atom. The third-order valence-corrected chi connectivity index (χ3v) is 5.14. The highest BCUT2D eigenvalue weighted by molar-refractivity contribution is 7.99. The van der Waals surface area contributed by atoms with E-state index in [9.17, 15) is 0 Å². The third-order valence-electron chi connectivity index (χ3n) is 4.00. The van der Waals surface area contributed by atoms with E-state index >= 15 is 0 Å². The zero-order valence-electron chi connectivity index (χ0n) is 13.5. The predicted molar refractivity (Wildman–Crippen MR) is 91.9 cm³/mol. The van der Waals surface area contributed by atoms with Crippen molar-refractivity contribution in [1.29, 1.82) is 0 Å². The zero-order valence-corrected chi connectivity index (χ0v) is 14.3. The van der Waals surface area contributed by atoms with Crippen LogP contribution in [0.4, 0.5) is 5.69 Å². The number of anilines is 1. The number of rotatable bonds is 4. The first kappa shape index (κ1) is 15.7. The highest BCUT2D eigenvalue weighted by Gasteiger charge is 2.20. The molecule has 1 fully saturated rings. The van der Waals surface area contributed by atoms with Crippen LogP contribution in [0, 0.1) is 6.92 Å². The standard InChI is InChI=1S/C17H28N2S/c1-13-10-15(19(5)16-8-9-20-12-16)7-6-14(13)11-18-17(2,3)4/h6-7,10,16,18H,8-9,11-12H2,1-5H3. The summed E-state index contributed by atoms with van der Waals surface area (Å²) in [6, 6.07) is 7.60. The van der Waals surface area contributed by atoms with Crippen LogP contribution in [0.2, 0.25) is 0 Å². The molecule has 1 aromatic carbocycles. The molecule has 0 bridgehead atoms. The molecule has 1 aliphatic heterocycles. The molecule has 112 valence electrons. The molecule has 0 saturated carbocycles. The summed E-state index contributed by atoms with van der Waals surface area (Å²) in [5.74, 6) is 2.57. The largest absolute Gasteiger partial charge is 0.371 e. The van der Waals surface area contributed by atoms with Gasteiger partial charge in [-0.1, -0.05) is 6.07 Å². The van der Waals surface area contributed by atoms with E-state index in [0.29, 0.717) is 6.04 Å². The maximum absolute atomic E-state index is 3.57.